The van der Waals surface area contributed by atoms with E-state index in [4.69, 9.17) is 11.6 Å². The van der Waals surface area contributed by atoms with Crippen LogP contribution in [0, 0.1) is 0 Å². The summed E-state index contributed by atoms with van der Waals surface area (Å²) in [5.41, 5.74) is -0.0481. The van der Waals surface area contributed by atoms with Crippen molar-refractivity contribution in [3.05, 3.63) is 64.8 Å². The van der Waals surface area contributed by atoms with Crippen molar-refractivity contribution in [2.24, 2.45) is 0 Å². The van der Waals surface area contributed by atoms with Crippen LogP contribution in [0.2, 0.25) is 5.02 Å². The van der Waals surface area contributed by atoms with Gasteiger partial charge < -0.3 is 21.3 Å². The molecule has 0 spiro atoms. The van der Waals surface area contributed by atoms with E-state index >= 15 is 0 Å². The van der Waals surface area contributed by atoms with Crippen molar-refractivity contribution in [3.8, 4) is 0 Å². The Morgan fingerprint density at radius 3 is 2.58 bits per heavy atom. The third kappa shape index (κ3) is 6.17. The third-order valence-corrected chi connectivity index (χ3v) is 6.26. The highest BCUT2D eigenvalue weighted by Crippen LogP contribution is 2.37. The van der Waals surface area contributed by atoms with Gasteiger partial charge in [-0.25, -0.2) is 9.78 Å². The van der Waals surface area contributed by atoms with E-state index in [0.29, 0.717) is 40.9 Å². The molecular formula is C25H25ClF3N5O2. The number of hydrogen-bond donors (Lipinski definition) is 4. The van der Waals surface area contributed by atoms with Crippen molar-refractivity contribution < 1.29 is 22.8 Å². The number of anilines is 2. The monoisotopic (exact) mass is 519 g/mol. The van der Waals surface area contributed by atoms with Gasteiger partial charge in [-0.2, -0.15) is 13.2 Å². The fourth-order valence-corrected chi connectivity index (χ4v) is 4.53. The van der Waals surface area contributed by atoms with Gasteiger partial charge in [-0.3, -0.25) is 4.79 Å². The molecule has 11 heteroatoms. The van der Waals surface area contributed by atoms with Crippen LogP contribution in [0.5, 0.6) is 0 Å². The molecule has 4 rings (SSSR count). The summed E-state index contributed by atoms with van der Waals surface area (Å²) < 4.78 is 41.3. The Balaban J connectivity index is 1.47. The Labute approximate surface area is 210 Å². The predicted octanol–water partition coefficient (Wildman–Crippen LogP) is 5.81. The van der Waals surface area contributed by atoms with Crippen LogP contribution in [0.15, 0.2) is 48.5 Å². The summed E-state index contributed by atoms with van der Waals surface area (Å²) in [4.78, 5) is 28.2. The quantitative estimate of drug-likeness (QED) is 0.342. The molecule has 1 saturated carbocycles. The zero-order chi connectivity index (χ0) is 25.9. The molecule has 2 aromatic carbocycles. The number of aromatic nitrogens is 1. The number of nitrogens with zero attached hydrogens (tertiary/aromatic N) is 1. The molecule has 2 atom stereocenters. The molecule has 0 saturated heterocycles. The lowest BCUT2D eigenvalue weighted by molar-refractivity contribution is -0.140. The highest BCUT2D eigenvalue weighted by atomic mass is 35.5. The fraction of sp³-hybridized carbons (Fsp3) is 0.320. The Kier molecular flexibility index (Phi) is 7.53. The van der Waals surface area contributed by atoms with Gasteiger partial charge in [0, 0.05) is 40.8 Å². The SMILES string of the molecule is CNC(=O)Nc1cccc(C(=O)N[C@H]2CCC[C@H](Nc3cc4cc(Cl)ccc4nc3C(F)(F)F)C2)c1. The van der Waals surface area contributed by atoms with Crippen molar-refractivity contribution in [1.29, 1.82) is 0 Å². The molecule has 0 unspecified atom stereocenters. The summed E-state index contributed by atoms with van der Waals surface area (Å²) in [6, 6.07) is 11.5. The molecule has 3 amide bonds. The Bertz CT molecular complexity index is 1280. The topological polar surface area (TPSA) is 95.2 Å². The second-order valence-electron chi connectivity index (χ2n) is 8.68. The molecule has 0 aliphatic heterocycles. The first-order valence-corrected chi connectivity index (χ1v) is 11.8. The summed E-state index contributed by atoms with van der Waals surface area (Å²) in [6.45, 7) is 0. The van der Waals surface area contributed by atoms with Crippen molar-refractivity contribution in [1.82, 2.24) is 15.6 Å². The van der Waals surface area contributed by atoms with Crippen LogP contribution in [0.1, 0.15) is 41.7 Å². The number of rotatable bonds is 5. The maximum atomic E-state index is 13.8. The molecule has 4 N–H and O–H groups in total. The highest BCUT2D eigenvalue weighted by Gasteiger charge is 2.37. The average molecular weight is 520 g/mol. The Morgan fingerprint density at radius 2 is 1.83 bits per heavy atom. The molecule has 1 heterocycles. The number of pyridine rings is 1. The normalized spacial score (nSPS) is 17.9. The number of fused-ring (bicyclic) bond motifs is 1. The van der Waals surface area contributed by atoms with E-state index in [9.17, 15) is 22.8 Å². The summed E-state index contributed by atoms with van der Waals surface area (Å²) in [6.07, 6.45) is -2.09. The van der Waals surface area contributed by atoms with E-state index < -0.39 is 17.9 Å². The van der Waals surface area contributed by atoms with Crippen LogP contribution in [0.25, 0.3) is 10.9 Å². The number of nitrogens with one attached hydrogen (secondary N) is 4. The molecule has 1 aromatic heterocycles. The van der Waals surface area contributed by atoms with Crippen LogP contribution in [-0.4, -0.2) is 36.1 Å². The second kappa shape index (κ2) is 10.6. The molecule has 1 fully saturated rings. The van der Waals surface area contributed by atoms with Crippen LogP contribution in [0.3, 0.4) is 0 Å². The van der Waals surface area contributed by atoms with Crippen LogP contribution in [0.4, 0.5) is 29.3 Å². The van der Waals surface area contributed by atoms with Crippen LogP contribution < -0.4 is 21.3 Å². The third-order valence-electron chi connectivity index (χ3n) is 6.02. The average Bonchev–Trinajstić information content (AvgIpc) is 2.83. The Hall–Kier alpha value is -3.53. The van der Waals surface area contributed by atoms with Gasteiger partial charge in [0.05, 0.1) is 11.2 Å². The fourth-order valence-electron chi connectivity index (χ4n) is 4.35. The van der Waals surface area contributed by atoms with Gasteiger partial charge in [-0.15, -0.1) is 0 Å². The highest BCUT2D eigenvalue weighted by molar-refractivity contribution is 6.31. The van der Waals surface area contributed by atoms with Crippen molar-refractivity contribution in [2.45, 2.75) is 43.9 Å². The minimum atomic E-state index is -4.63. The molecule has 7 nitrogen and oxygen atoms in total. The standard InChI is InChI=1S/C25H25ClF3N5O2/c1-30-24(36)33-17-5-2-4-14(11-17)23(35)32-19-7-3-6-18(13-19)31-21-12-15-10-16(26)8-9-20(15)34-22(21)25(27,28)29/h2,4-5,8-12,18-19,31H,3,6-7,13H2,1H3,(H,32,35)(H2,30,33,36)/t18-,19-/m0/s1. The lowest BCUT2D eigenvalue weighted by Crippen LogP contribution is -2.42. The largest absolute Gasteiger partial charge is 0.435 e. The van der Waals surface area contributed by atoms with Gasteiger partial charge >= 0.3 is 12.2 Å². The van der Waals surface area contributed by atoms with E-state index in [-0.39, 0.29) is 29.2 Å². The minimum absolute atomic E-state index is 0.109. The number of amides is 3. The zero-order valence-electron chi connectivity index (χ0n) is 19.4. The van der Waals surface area contributed by atoms with E-state index in [2.05, 4.69) is 26.3 Å². The molecule has 1 aliphatic rings. The number of alkyl halides is 3. The number of benzene rings is 2. The lowest BCUT2D eigenvalue weighted by Gasteiger charge is -2.31. The van der Waals surface area contributed by atoms with E-state index in [0.717, 1.165) is 6.42 Å². The van der Waals surface area contributed by atoms with Crippen molar-refractivity contribution in [2.75, 3.05) is 17.7 Å². The van der Waals surface area contributed by atoms with Gasteiger partial charge in [0.25, 0.3) is 5.91 Å². The summed E-state index contributed by atoms with van der Waals surface area (Å²) >= 11 is 6.02. The first-order valence-electron chi connectivity index (χ1n) is 11.5. The van der Waals surface area contributed by atoms with E-state index in [1.807, 2.05) is 0 Å². The number of urea groups is 1. The summed E-state index contributed by atoms with van der Waals surface area (Å²) in [7, 11) is 1.49. The molecule has 1 aliphatic carbocycles. The molecule has 0 radical (unpaired) electrons. The molecule has 0 bridgehead atoms. The number of hydrogen-bond acceptors (Lipinski definition) is 4. The van der Waals surface area contributed by atoms with E-state index in [1.54, 1.807) is 30.3 Å². The second-order valence-corrected chi connectivity index (χ2v) is 9.12. The Morgan fingerprint density at radius 1 is 1.06 bits per heavy atom. The number of halogens is 4. The summed E-state index contributed by atoms with van der Waals surface area (Å²) in [5.74, 6) is -0.320. The first-order chi connectivity index (χ1) is 17.1. The predicted molar refractivity (Wildman–Crippen MR) is 133 cm³/mol. The minimum Gasteiger partial charge on any atom is -0.380 e. The molecule has 190 valence electrons. The number of carbonyl (C=O) groups is 2. The van der Waals surface area contributed by atoms with Crippen LogP contribution >= 0.6 is 11.6 Å². The van der Waals surface area contributed by atoms with Gasteiger partial charge in [0.2, 0.25) is 0 Å². The van der Waals surface area contributed by atoms with Gasteiger partial charge in [0.15, 0.2) is 5.69 Å². The zero-order valence-corrected chi connectivity index (χ0v) is 20.1. The molecular weight excluding hydrogens is 495 g/mol. The number of carbonyl (C=O) groups excluding carboxylic acids is 2. The first kappa shape index (κ1) is 25.6. The summed E-state index contributed by atoms with van der Waals surface area (Å²) in [5, 5.41) is 11.9. The molecule has 3 aromatic rings. The van der Waals surface area contributed by atoms with Gasteiger partial charge in [-0.1, -0.05) is 17.7 Å². The smallest absolute Gasteiger partial charge is 0.380 e. The van der Waals surface area contributed by atoms with Crippen molar-refractivity contribution >= 4 is 45.8 Å². The van der Waals surface area contributed by atoms with Gasteiger partial charge in [0.1, 0.15) is 0 Å². The van der Waals surface area contributed by atoms with Gasteiger partial charge in [-0.05, 0) is 68.1 Å². The van der Waals surface area contributed by atoms with Crippen molar-refractivity contribution in [3.63, 3.8) is 0 Å². The van der Waals surface area contributed by atoms with Crippen LogP contribution in [-0.2, 0) is 6.18 Å². The van der Waals surface area contributed by atoms with E-state index in [1.165, 1.54) is 25.2 Å². The lowest BCUT2D eigenvalue weighted by atomic mass is 9.90. The maximum Gasteiger partial charge on any atom is 0.435 e. The maximum absolute atomic E-state index is 13.8. The molecule has 36 heavy (non-hydrogen) atoms.